The summed E-state index contributed by atoms with van der Waals surface area (Å²) in [5, 5.41) is 16.1. The lowest BCUT2D eigenvalue weighted by molar-refractivity contribution is -0.257. The zero-order chi connectivity index (χ0) is 34.2. The van der Waals surface area contributed by atoms with Gasteiger partial charge in [-0.3, -0.25) is 0 Å². The molecule has 14 atom stereocenters. The molecule has 1 amide bonds. The molecule has 9 nitrogen and oxygen atoms in total. The Kier molecular flexibility index (Phi) is 7.90. The maximum Gasteiger partial charge on any atom is 0.409 e. The van der Waals surface area contributed by atoms with E-state index >= 15 is 0 Å². The summed E-state index contributed by atoms with van der Waals surface area (Å²) < 4.78 is 25.8. The van der Waals surface area contributed by atoms with Crippen LogP contribution in [0.4, 0.5) is 4.79 Å². The highest BCUT2D eigenvalue weighted by atomic mass is 16.7. The van der Waals surface area contributed by atoms with Crippen molar-refractivity contribution in [2.24, 2.45) is 56.0 Å². The van der Waals surface area contributed by atoms with E-state index < -0.39 is 23.9 Å². The predicted octanol–water partition coefficient (Wildman–Crippen LogP) is 5.33. The SMILES string of the molecule is CC(C)C(OC(=O)N(C)C)C1CC(C)C2(C)C(O1)C(O)C1(N)C3CCC4(C)C(C)(C)C(OC5CNCCO5)CCC45CC35CCC21C. The molecular formula is C38H65N3O6. The van der Waals surface area contributed by atoms with Crippen molar-refractivity contribution in [3.8, 4) is 0 Å². The highest BCUT2D eigenvalue weighted by Gasteiger charge is 2.89. The molecule has 7 rings (SSSR count). The molecule has 0 aromatic heterocycles. The van der Waals surface area contributed by atoms with Gasteiger partial charge in [-0.05, 0) is 96.2 Å². The minimum absolute atomic E-state index is 0.0159. The lowest BCUT2D eigenvalue weighted by Gasteiger charge is -2.68. The Morgan fingerprint density at radius 2 is 1.77 bits per heavy atom. The summed E-state index contributed by atoms with van der Waals surface area (Å²) in [7, 11) is 3.43. The van der Waals surface area contributed by atoms with E-state index in [-0.39, 0.29) is 74.8 Å². The van der Waals surface area contributed by atoms with Crippen LogP contribution >= 0.6 is 0 Å². The number of fused-ring (bicyclic) bond motifs is 4. The van der Waals surface area contributed by atoms with Gasteiger partial charge in [0.05, 0.1) is 36.6 Å². The topological polar surface area (TPSA) is 116 Å². The standard InChI is InChI=1S/C38H65N3O6/c1-22(2)28(47-31(43)41(9)10)24-19-23(3)35(8)30(45-24)29(42)38(39)25-11-13-33(6)32(4,5)26(46-27-20-40-17-18-44-27)12-14-37(33)21-36(25,37)16-15-34(35,38)7/h22-30,40,42H,11-21,39H2,1-10H3. The van der Waals surface area contributed by atoms with Gasteiger partial charge in [-0.25, -0.2) is 4.79 Å². The third-order valence-electron chi connectivity index (χ3n) is 17.1. The van der Waals surface area contributed by atoms with Crippen molar-refractivity contribution < 1.29 is 28.8 Å². The molecule has 5 saturated carbocycles. The molecule has 9 heteroatoms. The number of carbonyl (C=O) groups is 1. The van der Waals surface area contributed by atoms with E-state index in [1.54, 1.807) is 14.1 Å². The highest BCUT2D eigenvalue weighted by molar-refractivity contribution is 5.67. The van der Waals surface area contributed by atoms with Gasteiger partial charge in [0.15, 0.2) is 6.29 Å². The molecule has 0 radical (unpaired) electrons. The van der Waals surface area contributed by atoms with Gasteiger partial charge in [0.1, 0.15) is 6.10 Å². The van der Waals surface area contributed by atoms with Crippen LogP contribution in [-0.4, -0.2) is 92.2 Å². The predicted molar refractivity (Wildman–Crippen MR) is 180 cm³/mol. The molecule has 2 saturated heterocycles. The van der Waals surface area contributed by atoms with Gasteiger partial charge in [0.25, 0.3) is 0 Å². The number of nitrogens with zero attached hydrogens (tertiary/aromatic N) is 1. The summed E-state index contributed by atoms with van der Waals surface area (Å²) in [6, 6.07) is 0. The van der Waals surface area contributed by atoms with E-state index in [0.717, 1.165) is 51.6 Å². The molecule has 0 aromatic rings. The van der Waals surface area contributed by atoms with Crippen molar-refractivity contribution in [1.29, 1.82) is 0 Å². The number of hydrogen-bond donors (Lipinski definition) is 3. The van der Waals surface area contributed by atoms with E-state index in [2.05, 4.69) is 60.7 Å². The quantitative estimate of drug-likeness (QED) is 0.363. The molecule has 14 unspecified atom stereocenters. The Morgan fingerprint density at radius 3 is 2.40 bits per heavy atom. The molecule has 268 valence electrons. The Labute approximate surface area is 283 Å². The average molecular weight is 660 g/mol. The van der Waals surface area contributed by atoms with Gasteiger partial charge in [-0.1, -0.05) is 55.4 Å². The van der Waals surface area contributed by atoms with Crippen LogP contribution < -0.4 is 11.1 Å². The van der Waals surface area contributed by atoms with E-state index in [1.807, 2.05) is 0 Å². The minimum Gasteiger partial charge on any atom is -0.443 e. The second kappa shape index (κ2) is 10.8. The van der Waals surface area contributed by atoms with Crippen LogP contribution in [-0.2, 0) is 18.9 Å². The normalized spacial score (nSPS) is 53.5. The highest BCUT2D eigenvalue weighted by Crippen LogP contribution is 2.91. The molecule has 4 N–H and O–H groups in total. The van der Waals surface area contributed by atoms with Crippen LogP contribution in [0.2, 0.25) is 0 Å². The smallest absolute Gasteiger partial charge is 0.409 e. The first kappa shape index (κ1) is 34.5. The molecular weight excluding hydrogens is 594 g/mol. The molecule has 2 aliphatic heterocycles. The third kappa shape index (κ3) is 4.08. The molecule has 5 aliphatic carbocycles. The minimum atomic E-state index is -0.784. The summed E-state index contributed by atoms with van der Waals surface area (Å²) in [5.74, 6) is 0.563. The van der Waals surface area contributed by atoms with Gasteiger partial charge in [0.2, 0.25) is 0 Å². The van der Waals surface area contributed by atoms with Gasteiger partial charge < -0.3 is 40.0 Å². The number of morpholine rings is 1. The van der Waals surface area contributed by atoms with E-state index in [9.17, 15) is 9.90 Å². The van der Waals surface area contributed by atoms with Crippen LogP contribution in [0.5, 0.6) is 0 Å². The van der Waals surface area contributed by atoms with Crippen molar-refractivity contribution in [3.63, 3.8) is 0 Å². The summed E-state index contributed by atoms with van der Waals surface area (Å²) >= 11 is 0. The van der Waals surface area contributed by atoms with Crippen LogP contribution in [0.3, 0.4) is 0 Å². The molecule has 7 fully saturated rings. The maximum atomic E-state index is 12.7. The molecule has 0 bridgehead atoms. The van der Waals surface area contributed by atoms with Crippen molar-refractivity contribution >= 4 is 6.09 Å². The zero-order valence-electron chi connectivity index (χ0n) is 31.0. The van der Waals surface area contributed by atoms with Crippen molar-refractivity contribution in [3.05, 3.63) is 0 Å². The third-order valence-corrected chi connectivity index (χ3v) is 17.1. The second-order valence-corrected chi connectivity index (χ2v) is 18.9. The van der Waals surface area contributed by atoms with Gasteiger partial charge in [-0.2, -0.15) is 0 Å². The summed E-state index contributed by atoms with van der Waals surface area (Å²) in [6.07, 6.45) is 6.21. The van der Waals surface area contributed by atoms with Crippen molar-refractivity contribution in [1.82, 2.24) is 10.2 Å². The zero-order valence-corrected chi connectivity index (χ0v) is 31.0. The number of ether oxygens (including phenoxy) is 4. The molecule has 47 heavy (non-hydrogen) atoms. The molecule has 2 heterocycles. The Morgan fingerprint density at radius 1 is 1.04 bits per heavy atom. The average Bonchev–Trinajstić information content (AvgIpc) is 3.67. The summed E-state index contributed by atoms with van der Waals surface area (Å²) in [6.45, 7) is 21.1. The number of nitrogens with two attached hydrogens (primary N) is 1. The Balaban J connectivity index is 1.19. The number of nitrogens with one attached hydrogen (secondary N) is 1. The monoisotopic (exact) mass is 659 g/mol. The summed E-state index contributed by atoms with van der Waals surface area (Å²) in [4.78, 5) is 14.2. The first-order valence-electron chi connectivity index (χ1n) is 18.9. The number of carbonyl (C=O) groups excluding carboxylic acids is 1. The number of amides is 1. The van der Waals surface area contributed by atoms with Crippen molar-refractivity contribution in [2.45, 2.75) is 149 Å². The van der Waals surface area contributed by atoms with E-state index in [0.29, 0.717) is 6.61 Å². The lowest BCUT2D eigenvalue weighted by Crippen LogP contribution is -2.72. The number of rotatable bonds is 5. The van der Waals surface area contributed by atoms with Crippen LogP contribution in [0.25, 0.3) is 0 Å². The van der Waals surface area contributed by atoms with Gasteiger partial charge in [-0.15, -0.1) is 0 Å². The number of aliphatic hydroxyl groups excluding tert-OH is 1. The first-order chi connectivity index (χ1) is 21.9. The number of aliphatic hydroxyl groups is 1. The molecule has 0 aromatic carbocycles. The fraction of sp³-hybridized carbons (Fsp3) is 0.974. The lowest BCUT2D eigenvalue weighted by atomic mass is 9.38. The summed E-state index contributed by atoms with van der Waals surface area (Å²) in [5.41, 5.74) is 7.03. The van der Waals surface area contributed by atoms with Crippen LogP contribution in [0.15, 0.2) is 0 Å². The second-order valence-electron chi connectivity index (χ2n) is 18.9. The fourth-order valence-electron chi connectivity index (χ4n) is 13.7. The van der Waals surface area contributed by atoms with E-state index in [4.69, 9.17) is 24.7 Å². The Hall–Kier alpha value is -0.970. The van der Waals surface area contributed by atoms with Gasteiger partial charge in [0, 0.05) is 32.6 Å². The maximum absolute atomic E-state index is 12.7. The Bertz CT molecular complexity index is 1260. The molecule has 2 spiro atoms. The number of hydrogen-bond acceptors (Lipinski definition) is 8. The fourth-order valence-corrected chi connectivity index (χ4v) is 13.7. The van der Waals surface area contributed by atoms with Crippen LogP contribution in [0, 0.1) is 50.2 Å². The molecule has 7 aliphatic rings. The van der Waals surface area contributed by atoms with Gasteiger partial charge >= 0.3 is 6.09 Å². The van der Waals surface area contributed by atoms with E-state index in [1.165, 1.54) is 17.7 Å². The largest absolute Gasteiger partial charge is 0.443 e. The van der Waals surface area contributed by atoms with Crippen LogP contribution in [0.1, 0.15) is 107 Å². The first-order valence-corrected chi connectivity index (χ1v) is 18.9. The van der Waals surface area contributed by atoms with Crippen molar-refractivity contribution in [2.75, 3.05) is 33.8 Å².